The van der Waals surface area contributed by atoms with Crippen molar-refractivity contribution in [1.29, 1.82) is 0 Å². The molecule has 0 bridgehead atoms. The van der Waals surface area contributed by atoms with Crippen LogP contribution in [0.5, 0.6) is 0 Å². The SMILES string of the molecule is CC(C)(C)CC[C@]1(C)C(=O)C(C2=NS(=O)(=O)c3c(CN4C=CCS4(=O)=O)csc3N2)=C(O)c2ccccc21. The number of carbonyl (C=O) groups excluding carboxylic acids is 1. The molecule has 202 valence electrons. The Morgan fingerprint density at radius 2 is 1.89 bits per heavy atom. The quantitative estimate of drug-likeness (QED) is 0.534. The highest BCUT2D eigenvalue weighted by molar-refractivity contribution is 7.91. The fourth-order valence-electron chi connectivity index (χ4n) is 4.96. The zero-order chi connectivity index (χ0) is 27.7. The standard InChI is InChI=1S/C26H29N3O6S3/c1-25(2,3)10-11-26(4)18-9-6-5-8-17(18)20(30)19(22(26)31)23-27-24-21(38(34,35)28-23)16(15-36-24)14-29-12-7-13-37(29,32)33/h5-9,12,15,30H,10-11,13-14H2,1-4H3,(H,27,28)/t26-/m0/s1. The van der Waals surface area contributed by atoms with Crippen molar-refractivity contribution in [3.05, 3.63) is 64.2 Å². The molecule has 1 aromatic carbocycles. The summed E-state index contributed by atoms with van der Waals surface area (Å²) < 4.78 is 56.3. The van der Waals surface area contributed by atoms with Gasteiger partial charge in [-0.3, -0.25) is 9.10 Å². The molecule has 0 fully saturated rings. The predicted molar refractivity (Wildman–Crippen MR) is 148 cm³/mol. The molecule has 0 saturated carbocycles. The van der Waals surface area contributed by atoms with Crippen LogP contribution in [0.4, 0.5) is 5.00 Å². The number of sulfonamides is 2. The minimum atomic E-state index is -4.31. The third-order valence-electron chi connectivity index (χ3n) is 7.13. The molecule has 0 radical (unpaired) electrons. The van der Waals surface area contributed by atoms with E-state index in [0.717, 1.165) is 22.1 Å². The molecule has 5 rings (SSSR count). The Labute approximate surface area is 226 Å². The Hall–Kier alpha value is -2.96. The lowest BCUT2D eigenvalue weighted by molar-refractivity contribution is -0.120. The van der Waals surface area contributed by atoms with Crippen molar-refractivity contribution >= 4 is 53.8 Å². The average Bonchev–Trinajstić information content (AvgIpc) is 3.39. The Balaban J connectivity index is 1.58. The van der Waals surface area contributed by atoms with Gasteiger partial charge in [-0.25, -0.2) is 8.42 Å². The molecule has 1 aliphatic carbocycles. The number of nitrogens with zero attached hydrogens (tertiary/aromatic N) is 2. The van der Waals surface area contributed by atoms with Crippen LogP contribution in [0.2, 0.25) is 0 Å². The van der Waals surface area contributed by atoms with Crippen molar-refractivity contribution < 1.29 is 26.7 Å². The van der Waals surface area contributed by atoms with Crippen LogP contribution in [-0.4, -0.2) is 43.6 Å². The molecule has 38 heavy (non-hydrogen) atoms. The fourth-order valence-corrected chi connectivity index (χ4v) is 8.68. The van der Waals surface area contributed by atoms with E-state index >= 15 is 0 Å². The van der Waals surface area contributed by atoms with Crippen LogP contribution < -0.4 is 5.32 Å². The van der Waals surface area contributed by atoms with Crippen molar-refractivity contribution in [2.24, 2.45) is 9.81 Å². The predicted octanol–water partition coefficient (Wildman–Crippen LogP) is 4.56. The van der Waals surface area contributed by atoms with Crippen LogP contribution in [0, 0.1) is 5.41 Å². The lowest BCUT2D eigenvalue weighted by Gasteiger charge is -2.37. The smallest absolute Gasteiger partial charge is 0.287 e. The van der Waals surface area contributed by atoms with Gasteiger partial charge in [-0.2, -0.15) is 8.42 Å². The number of hydrogen-bond donors (Lipinski definition) is 2. The molecular weight excluding hydrogens is 547 g/mol. The Kier molecular flexibility index (Phi) is 6.16. The van der Waals surface area contributed by atoms with E-state index in [1.54, 1.807) is 17.5 Å². The van der Waals surface area contributed by atoms with Crippen LogP contribution in [0.25, 0.3) is 5.76 Å². The molecule has 2 N–H and O–H groups in total. The summed E-state index contributed by atoms with van der Waals surface area (Å²) in [5.41, 5.74) is 0.207. The number of carbonyl (C=O) groups is 1. The van der Waals surface area contributed by atoms with Crippen molar-refractivity contribution in [1.82, 2.24) is 4.31 Å². The highest BCUT2D eigenvalue weighted by atomic mass is 32.2. The lowest BCUT2D eigenvalue weighted by Crippen LogP contribution is -2.42. The van der Waals surface area contributed by atoms with Gasteiger partial charge >= 0.3 is 0 Å². The van der Waals surface area contributed by atoms with Gasteiger partial charge < -0.3 is 10.4 Å². The maximum Gasteiger partial charge on any atom is 0.287 e. The van der Waals surface area contributed by atoms with Gasteiger partial charge in [0.25, 0.3) is 10.0 Å². The van der Waals surface area contributed by atoms with Gasteiger partial charge in [0.05, 0.1) is 17.7 Å². The Morgan fingerprint density at radius 3 is 2.55 bits per heavy atom. The molecular formula is C26H29N3O6S3. The topological polar surface area (TPSA) is 133 Å². The van der Waals surface area contributed by atoms with E-state index in [1.165, 1.54) is 12.3 Å². The number of Topliss-reactive ketones (excluding diaryl/α,β-unsaturated/α-hetero) is 1. The van der Waals surface area contributed by atoms with Crippen LogP contribution in [-0.2, 0) is 36.8 Å². The van der Waals surface area contributed by atoms with Gasteiger partial charge in [0.1, 0.15) is 21.2 Å². The number of nitrogens with one attached hydrogen (secondary N) is 1. The van der Waals surface area contributed by atoms with Crippen molar-refractivity contribution in [2.75, 3.05) is 11.1 Å². The zero-order valence-electron chi connectivity index (χ0n) is 21.5. The normalized spacial score (nSPS) is 23.6. The van der Waals surface area contributed by atoms with E-state index in [0.29, 0.717) is 17.5 Å². The van der Waals surface area contributed by atoms with E-state index in [2.05, 4.69) is 30.5 Å². The molecule has 3 aliphatic rings. The molecule has 0 spiro atoms. The van der Waals surface area contributed by atoms with Crippen molar-refractivity contribution in [2.45, 2.75) is 57.4 Å². The monoisotopic (exact) mass is 575 g/mol. The molecule has 0 amide bonds. The number of thiophene rings is 1. The summed E-state index contributed by atoms with van der Waals surface area (Å²) in [4.78, 5) is 13.9. The summed E-state index contributed by atoms with van der Waals surface area (Å²) >= 11 is 1.07. The van der Waals surface area contributed by atoms with Gasteiger partial charge in [-0.15, -0.1) is 15.7 Å². The highest BCUT2D eigenvalue weighted by Crippen LogP contribution is 2.46. The van der Waals surface area contributed by atoms with Crippen LogP contribution in [0.15, 0.2) is 56.8 Å². The lowest BCUT2D eigenvalue weighted by atomic mass is 9.65. The first-order valence-corrected chi connectivity index (χ1v) is 16.0. The molecule has 0 saturated heterocycles. The number of rotatable bonds is 5. The van der Waals surface area contributed by atoms with E-state index in [9.17, 15) is 26.7 Å². The van der Waals surface area contributed by atoms with E-state index in [-0.39, 0.29) is 50.3 Å². The van der Waals surface area contributed by atoms with Crippen LogP contribution in [0.1, 0.15) is 57.2 Å². The second kappa shape index (κ2) is 8.78. The number of benzene rings is 1. The molecule has 0 unspecified atom stereocenters. The summed E-state index contributed by atoms with van der Waals surface area (Å²) in [6, 6.07) is 7.10. The summed E-state index contributed by atoms with van der Waals surface area (Å²) in [5, 5.41) is 16.0. The first-order chi connectivity index (χ1) is 17.6. The Bertz CT molecular complexity index is 1660. The van der Waals surface area contributed by atoms with E-state index in [4.69, 9.17) is 0 Å². The largest absolute Gasteiger partial charge is 0.506 e. The van der Waals surface area contributed by atoms with Crippen LogP contribution >= 0.6 is 11.3 Å². The van der Waals surface area contributed by atoms with Gasteiger partial charge in [0.15, 0.2) is 11.6 Å². The molecule has 1 aromatic heterocycles. The summed E-state index contributed by atoms with van der Waals surface area (Å²) in [5.74, 6) is -1.11. The fraction of sp³-hybridized carbons (Fsp3) is 0.385. The number of aliphatic hydroxyl groups excluding tert-OH is 1. The van der Waals surface area contributed by atoms with Crippen LogP contribution in [0.3, 0.4) is 0 Å². The Morgan fingerprint density at radius 1 is 1.18 bits per heavy atom. The highest BCUT2D eigenvalue weighted by Gasteiger charge is 2.47. The average molecular weight is 576 g/mol. The maximum absolute atomic E-state index is 14.1. The summed E-state index contributed by atoms with van der Waals surface area (Å²) in [6.07, 6.45) is 4.13. The van der Waals surface area contributed by atoms with Gasteiger partial charge in [-0.1, -0.05) is 51.1 Å². The minimum Gasteiger partial charge on any atom is -0.506 e. The molecule has 1 atom stereocenters. The number of amidine groups is 1. The van der Waals surface area contributed by atoms with Crippen molar-refractivity contribution in [3.8, 4) is 0 Å². The molecule has 2 aromatic rings. The maximum atomic E-state index is 14.1. The number of fused-ring (bicyclic) bond motifs is 2. The summed E-state index contributed by atoms with van der Waals surface area (Å²) in [6.45, 7) is 7.93. The first kappa shape index (κ1) is 26.6. The number of hydrogen-bond acceptors (Lipinski definition) is 8. The van der Waals surface area contributed by atoms with Gasteiger partial charge in [0, 0.05) is 17.3 Å². The number of aliphatic hydroxyl groups is 1. The first-order valence-electron chi connectivity index (χ1n) is 12.1. The van der Waals surface area contributed by atoms with E-state index in [1.807, 2.05) is 19.1 Å². The second-order valence-corrected chi connectivity index (χ2v) is 15.5. The number of anilines is 1. The third-order valence-corrected chi connectivity index (χ3v) is 11.2. The van der Waals surface area contributed by atoms with Crippen molar-refractivity contribution in [3.63, 3.8) is 0 Å². The van der Waals surface area contributed by atoms with Gasteiger partial charge in [0.2, 0.25) is 10.0 Å². The minimum absolute atomic E-state index is 0.0498. The van der Waals surface area contributed by atoms with E-state index < -0.39 is 31.2 Å². The molecule has 2 aliphatic heterocycles. The second-order valence-electron chi connectivity index (χ2n) is 11.2. The third kappa shape index (κ3) is 4.38. The number of ketones is 1. The molecule has 12 heteroatoms. The van der Waals surface area contributed by atoms with Gasteiger partial charge in [-0.05, 0) is 36.1 Å². The molecule has 3 heterocycles. The zero-order valence-corrected chi connectivity index (χ0v) is 23.9. The summed E-state index contributed by atoms with van der Waals surface area (Å²) in [7, 11) is -7.85. The molecule has 9 nitrogen and oxygen atoms in total.